The van der Waals surface area contributed by atoms with Crippen molar-refractivity contribution in [1.82, 2.24) is 0 Å². The van der Waals surface area contributed by atoms with E-state index in [4.69, 9.17) is 5.11 Å². The summed E-state index contributed by atoms with van der Waals surface area (Å²) in [7, 11) is -3.08. The minimum absolute atomic E-state index is 0.0666. The van der Waals surface area contributed by atoms with Gasteiger partial charge in [0.05, 0.1) is 23.3 Å². The SMILES string of the molecule is CC(Cc1ccc(NC(=O)C2CCS(=O)(=O)C2)cc1)C(=O)O. The number of benzene rings is 1. The van der Waals surface area contributed by atoms with Crippen LogP contribution in [0.4, 0.5) is 5.69 Å². The number of hydrogen-bond acceptors (Lipinski definition) is 4. The lowest BCUT2D eigenvalue weighted by Gasteiger charge is -2.11. The van der Waals surface area contributed by atoms with Gasteiger partial charge in [-0.25, -0.2) is 8.42 Å². The van der Waals surface area contributed by atoms with Gasteiger partial charge in [0, 0.05) is 5.69 Å². The lowest BCUT2D eigenvalue weighted by molar-refractivity contribution is -0.141. The van der Waals surface area contributed by atoms with Crippen molar-refractivity contribution >= 4 is 27.4 Å². The van der Waals surface area contributed by atoms with Gasteiger partial charge >= 0.3 is 5.97 Å². The molecule has 2 unspecified atom stereocenters. The first-order chi connectivity index (χ1) is 10.3. The Labute approximate surface area is 129 Å². The zero-order valence-electron chi connectivity index (χ0n) is 12.3. The average molecular weight is 325 g/mol. The number of rotatable bonds is 5. The van der Waals surface area contributed by atoms with Gasteiger partial charge in [0.15, 0.2) is 9.84 Å². The molecule has 0 spiro atoms. The van der Waals surface area contributed by atoms with Crippen LogP contribution in [0.15, 0.2) is 24.3 Å². The predicted octanol–water partition coefficient (Wildman–Crippen LogP) is 1.32. The predicted molar refractivity (Wildman–Crippen MR) is 82.3 cm³/mol. The molecule has 1 aromatic carbocycles. The number of carboxylic acid groups (broad SMARTS) is 1. The van der Waals surface area contributed by atoms with Crippen LogP contribution in [0.5, 0.6) is 0 Å². The van der Waals surface area contributed by atoms with Crippen LogP contribution in [-0.2, 0) is 25.8 Å². The van der Waals surface area contributed by atoms with E-state index in [1.807, 2.05) is 0 Å². The summed E-state index contributed by atoms with van der Waals surface area (Å²) in [5, 5.41) is 11.6. The molecule has 1 fully saturated rings. The highest BCUT2D eigenvalue weighted by molar-refractivity contribution is 7.91. The second kappa shape index (κ2) is 6.48. The Bertz CT molecular complexity index is 666. The van der Waals surface area contributed by atoms with E-state index in [0.717, 1.165) is 5.56 Å². The summed E-state index contributed by atoms with van der Waals surface area (Å²) in [6, 6.07) is 6.93. The van der Waals surface area contributed by atoms with Gasteiger partial charge in [-0.15, -0.1) is 0 Å². The topological polar surface area (TPSA) is 101 Å². The largest absolute Gasteiger partial charge is 0.481 e. The van der Waals surface area contributed by atoms with E-state index in [9.17, 15) is 18.0 Å². The molecule has 0 saturated carbocycles. The smallest absolute Gasteiger partial charge is 0.306 e. The van der Waals surface area contributed by atoms with Crippen LogP contribution in [0.25, 0.3) is 0 Å². The molecule has 0 radical (unpaired) electrons. The van der Waals surface area contributed by atoms with Crippen molar-refractivity contribution in [3.05, 3.63) is 29.8 Å². The molecule has 0 aromatic heterocycles. The van der Waals surface area contributed by atoms with Gasteiger partial charge in [-0.05, 0) is 30.5 Å². The molecule has 2 atom stereocenters. The van der Waals surface area contributed by atoms with Crippen LogP contribution >= 0.6 is 0 Å². The number of carbonyl (C=O) groups is 2. The van der Waals surface area contributed by atoms with Crippen LogP contribution in [-0.4, -0.2) is 36.9 Å². The van der Waals surface area contributed by atoms with Crippen LogP contribution in [0.3, 0.4) is 0 Å². The van der Waals surface area contributed by atoms with E-state index in [-0.39, 0.29) is 17.4 Å². The third-order valence-electron chi connectivity index (χ3n) is 3.79. The van der Waals surface area contributed by atoms with Gasteiger partial charge in [-0.3, -0.25) is 9.59 Å². The van der Waals surface area contributed by atoms with Gasteiger partial charge in [-0.1, -0.05) is 19.1 Å². The highest BCUT2D eigenvalue weighted by atomic mass is 32.2. The zero-order valence-corrected chi connectivity index (χ0v) is 13.1. The maximum Gasteiger partial charge on any atom is 0.306 e. The van der Waals surface area contributed by atoms with Crippen molar-refractivity contribution in [3.8, 4) is 0 Å². The van der Waals surface area contributed by atoms with Crippen molar-refractivity contribution in [2.24, 2.45) is 11.8 Å². The van der Waals surface area contributed by atoms with Gasteiger partial charge in [0.1, 0.15) is 0 Å². The summed E-state index contributed by atoms with van der Waals surface area (Å²) in [4.78, 5) is 22.8. The van der Waals surface area contributed by atoms with E-state index in [1.54, 1.807) is 31.2 Å². The molecule has 1 heterocycles. The Hall–Kier alpha value is -1.89. The molecule has 1 aliphatic rings. The maximum absolute atomic E-state index is 12.0. The number of sulfone groups is 1. The van der Waals surface area contributed by atoms with E-state index >= 15 is 0 Å². The van der Waals surface area contributed by atoms with E-state index < -0.39 is 27.6 Å². The van der Waals surface area contributed by atoms with Crippen LogP contribution < -0.4 is 5.32 Å². The number of anilines is 1. The number of aliphatic carboxylic acids is 1. The molecule has 1 amide bonds. The standard InChI is InChI=1S/C15H19NO5S/c1-10(15(18)19)8-11-2-4-13(5-3-11)16-14(17)12-6-7-22(20,21)9-12/h2-5,10,12H,6-9H2,1H3,(H,16,17)(H,18,19). The summed E-state index contributed by atoms with van der Waals surface area (Å²) in [5.74, 6) is -2.11. The van der Waals surface area contributed by atoms with Gasteiger partial charge in [0.25, 0.3) is 0 Å². The fourth-order valence-corrected chi connectivity index (χ4v) is 4.15. The van der Waals surface area contributed by atoms with Crippen molar-refractivity contribution < 1.29 is 23.1 Å². The summed E-state index contributed by atoms with van der Waals surface area (Å²) in [6.45, 7) is 1.64. The molecule has 0 aliphatic carbocycles. The summed E-state index contributed by atoms with van der Waals surface area (Å²) in [5.41, 5.74) is 1.46. The first-order valence-corrected chi connectivity index (χ1v) is 8.92. The molecular formula is C15H19NO5S. The van der Waals surface area contributed by atoms with E-state index in [0.29, 0.717) is 18.5 Å². The Kier molecular flexibility index (Phi) is 4.85. The number of hydrogen-bond donors (Lipinski definition) is 2. The molecule has 1 saturated heterocycles. The second-order valence-electron chi connectivity index (χ2n) is 5.73. The Morgan fingerprint density at radius 2 is 1.95 bits per heavy atom. The third-order valence-corrected chi connectivity index (χ3v) is 5.56. The fraction of sp³-hybridized carbons (Fsp3) is 0.467. The van der Waals surface area contributed by atoms with Crippen LogP contribution in [0, 0.1) is 11.8 Å². The molecule has 22 heavy (non-hydrogen) atoms. The molecule has 2 N–H and O–H groups in total. The molecular weight excluding hydrogens is 306 g/mol. The summed E-state index contributed by atoms with van der Waals surface area (Å²) in [6.07, 6.45) is 0.785. The molecule has 2 rings (SSSR count). The Morgan fingerprint density at radius 1 is 1.32 bits per heavy atom. The van der Waals surface area contributed by atoms with Gasteiger partial charge < -0.3 is 10.4 Å². The Morgan fingerprint density at radius 3 is 2.45 bits per heavy atom. The lowest BCUT2D eigenvalue weighted by Crippen LogP contribution is -2.23. The van der Waals surface area contributed by atoms with E-state index in [1.165, 1.54) is 0 Å². The average Bonchev–Trinajstić information content (AvgIpc) is 2.81. The maximum atomic E-state index is 12.0. The monoisotopic (exact) mass is 325 g/mol. The van der Waals surface area contributed by atoms with Gasteiger partial charge in [0.2, 0.25) is 5.91 Å². The molecule has 1 aliphatic heterocycles. The number of carboxylic acids is 1. The van der Waals surface area contributed by atoms with Crippen molar-refractivity contribution in [2.75, 3.05) is 16.8 Å². The quantitative estimate of drug-likeness (QED) is 0.850. The van der Waals surface area contributed by atoms with Crippen molar-refractivity contribution in [1.29, 1.82) is 0 Å². The Balaban J connectivity index is 1.94. The first kappa shape index (κ1) is 16.5. The van der Waals surface area contributed by atoms with Gasteiger partial charge in [-0.2, -0.15) is 0 Å². The van der Waals surface area contributed by atoms with Crippen molar-refractivity contribution in [3.63, 3.8) is 0 Å². The normalized spacial score (nSPS) is 21.2. The lowest BCUT2D eigenvalue weighted by atomic mass is 10.0. The van der Waals surface area contributed by atoms with Crippen LogP contribution in [0.2, 0.25) is 0 Å². The third kappa shape index (κ3) is 4.30. The zero-order chi connectivity index (χ0) is 16.3. The highest BCUT2D eigenvalue weighted by Gasteiger charge is 2.32. The number of amides is 1. The second-order valence-corrected chi connectivity index (χ2v) is 7.96. The first-order valence-electron chi connectivity index (χ1n) is 7.10. The fourth-order valence-electron chi connectivity index (χ4n) is 2.41. The van der Waals surface area contributed by atoms with Crippen LogP contribution in [0.1, 0.15) is 18.9 Å². The molecule has 0 bridgehead atoms. The number of nitrogens with one attached hydrogen (secondary N) is 1. The molecule has 120 valence electrons. The highest BCUT2D eigenvalue weighted by Crippen LogP contribution is 2.21. The summed E-state index contributed by atoms with van der Waals surface area (Å²) < 4.78 is 22.7. The molecule has 6 nitrogen and oxygen atoms in total. The minimum atomic E-state index is -3.08. The van der Waals surface area contributed by atoms with E-state index in [2.05, 4.69) is 5.32 Å². The molecule has 7 heteroatoms. The summed E-state index contributed by atoms with van der Waals surface area (Å²) >= 11 is 0. The molecule has 1 aromatic rings. The minimum Gasteiger partial charge on any atom is -0.481 e. The van der Waals surface area contributed by atoms with Crippen molar-refractivity contribution in [2.45, 2.75) is 19.8 Å². The number of carbonyl (C=O) groups excluding carboxylic acids is 1.